The highest BCUT2D eigenvalue weighted by Crippen LogP contribution is 2.43. The highest BCUT2D eigenvalue weighted by molar-refractivity contribution is 6.38. The second kappa shape index (κ2) is 4.32. The molecule has 1 nitrogen and oxygen atoms in total. The highest BCUT2D eigenvalue weighted by atomic mass is 35.5. The van der Waals surface area contributed by atoms with Crippen LogP contribution in [0.1, 0.15) is 24.3 Å². The van der Waals surface area contributed by atoms with Crippen molar-refractivity contribution in [3.05, 3.63) is 35.4 Å². The van der Waals surface area contributed by atoms with Gasteiger partial charge in [0, 0.05) is 5.02 Å². The molecule has 0 amide bonds. The van der Waals surface area contributed by atoms with Crippen molar-refractivity contribution in [2.24, 2.45) is 0 Å². The van der Waals surface area contributed by atoms with Gasteiger partial charge in [-0.25, -0.2) is 0 Å². The fourth-order valence-corrected chi connectivity index (χ4v) is 1.89. The molecule has 1 aliphatic rings. The van der Waals surface area contributed by atoms with E-state index in [1.165, 1.54) is 12.8 Å². The zero-order valence-corrected chi connectivity index (χ0v) is 9.26. The number of hydrogen-bond donors (Lipinski definition) is 0. The van der Waals surface area contributed by atoms with Crippen LogP contribution in [0.5, 0.6) is 5.75 Å². The molecule has 0 saturated heterocycles. The van der Waals surface area contributed by atoms with Gasteiger partial charge in [0.1, 0.15) is 20.2 Å². The number of halogens is 1. The number of benzene rings is 1. The predicted octanol–water partition coefficient (Wildman–Crippen LogP) is 2.58. The van der Waals surface area contributed by atoms with Gasteiger partial charge in [-0.3, -0.25) is 0 Å². The van der Waals surface area contributed by atoms with Gasteiger partial charge in [-0.15, -0.1) is 0 Å². The lowest BCUT2D eigenvalue weighted by molar-refractivity contribution is 0.366. The van der Waals surface area contributed by atoms with E-state index in [-0.39, 0.29) is 0 Å². The second-order valence-corrected chi connectivity index (χ2v) is 4.19. The molecule has 1 aromatic carbocycles. The first-order valence-electron chi connectivity index (χ1n) is 5.05. The molecule has 1 fully saturated rings. The predicted molar refractivity (Wildman–Crippen MR) is 64.5 cm³/mol. The van der Waals surface area contributed by atoms with Crippen LogP contribution in [0, 0.1) is 0 Å². The quantitative estimate of drug-likeness (QED) is 0.557. The van der Waals surface area contributed by atoms with Crippen molar-refractivity contribution in [2.45, 2.75) is 18.8 Å². The van der Waals surface area contributed by atoms with Crippen molar-refractivity contribution in [3.8, 4) is 5.75 Å². The second-order valence-electron chi connectivity index (χ2n) is 3.79. The van der Waals surface area contributed by atoms with Crippen molar-refractivity contribution in [3.63, 3.8) is 0 Å². The Labute approximate surface area is 96.5 Å². The summed E-state index contributed by atoms with van der Waals surface area (Å²) < 4.78 is 5.46. The molecule has 0 N–H and O–H groups in total. The number of rotatable bonds is 4. The Morgan fingerprint density at radius 2 is 2.27 bits per heavy atom. The van der Waals surface area contributed by atoms with Gasteiger partial charge in [-0.05, 0) is 36.5 Å². The first kappa shape index (κ1) is 10.6. The van der Waals surface area contributed by atoms with Crippen molar-refractivity contribution in [2.75, 3.05) is 6.61 Å². The van der Waals surface area contributed by atoms with Gasteiger partial charge in [0.2, 0.25) is 0 Å². The standard InChI is InChI=1S/C12H12BClO/c1-2-5-15-12-6-9(8-3-4-8)11(14)7-10(12)13/h2,6-8H,1,3-5H2. The van der Waals surface area contributed by atoms with Gasteiger partial charge in [0.15, 0.2) is 0 Å². The lowest BCUT2D eigenvalue weighted by atomic mass is 9.93. The largest absolute Gasteiger partial charge is 0.490 e. The van der Waals surface area contributed by atoms with E-state index >= 15 is 0 Å². The molecule has 0 aromatic heterocycles. The fraction of sp³-hybridized carbons (Fsp3) is 0.333. The Kier molecular flexibility index (Phi) is 3.06. The summed E-state index contributed by atoms with van der Waals surface area (Å²) in [5.41, 5.74) is 1.75. The minimum absolute atomic E-state index is 0.468. The van der Waals surface area contributed by atoms with Crippen LogP contribution in [0.15, 0.2) is 24.8 Å². The van der Waals surface area contributed by atoms with Crippen molar-refractivity contribution in [1.29, 1.82) is 0 Å². The summed E-state index contributed by atoms with van der Waals surface area (Å²) in [5, 5.41) is 0.751. The molecular formula is C12H12BClO. The average molecular weight is 218 g/mol. The van der Waals surface area contributed by atoms with Gasteiger partial charge >= 0.3 is 0 Å². The van der Waals surface area contributed by atoms with Crippen LogP contribution in [0.4, 0.5) is 0 Å². The molecule has 0 heterocycles. The molecule has 0 aliphatic heterocycles. The topological polar surface area (TPSA) is 9.23 Å². The highest BCUT2D eigenvalue weighted by Gasteiger charge is 2.26. The normalized spacial score (nSPS) is 15.0. The Bertz CT molecular complexity index is 385. The zero-order chi connectivity index (χ0) is 10.8. The Hall–Kier alpha value is -0.885. The summed E-state index contributed by atoms with van der Waals surface area (Å²) in [4.78, 5) is 0. The number of ether oxygens (including phenoxy) is 1. The van der Waals surface area contributed by atoms with Crippen LogP contribution in [-0.2, 0) is 0 Å². The van der Waals surface area contributed by atoms with Crippen LogP contribution in [-0.4, -0.2) is 14.5 Å². The maximum atomic E-state index is 6.11. The first-order chi connectivity index (χ1) is 7.22. The molecule has 0 bridgehead atoms. The smallest absolute Gasteiger partial charge is 0.119 e. The molecule has 2 radical (unpaired) electrons. The molecular weight excluding hydrogens is 206 g/mol. The van der Waals surface area contributed by atoms with E-state index in [1.54, 1.807) is 12.1 Å². The molecule has 15 heavy (non-hydrogen) atoms. The van der Waals surface area contributed by atoms with Crippen molar-refractivity contribution >= 4 is 24.9 Å². The Morgan fingerprint density at radius 1 is 1.53 bits per heavy atom. The summed E-state index contributed by atoms with van der Waals surface area (Å²) >= 11 is 6.11. The maximum Gasteiger partial charge on any atom is 0.119 e. The summed E-state index contributed by atoms with van der Waals surface area (Å²) in [6.07, 6.45) is 4.12. The van der Waals surface area contributed by atoms with Gasteiger partial charge in [-0.2, -0.15) is 0 Å². The van der Waals surface area contributed by atoms with Crippen LogP contribution in [0.25, 0.3) is 0 Å². The SMILES string of the molecule is [B]c1cc(Cl)c(C2CC2)cc1OCC=C. The molecule has 0 unspecified atom stereocenters. The monoisotopic (exact) mass is 218 g/mol. The van der Waals surface area contributed by atoms with E-state index in [2.05, 4.69) is 6.58 Å². The summed E-state index contributed by atoms with van der Waals surface area (Å²) in [5.74, 6) is 1.31. The van der Waals surface area contributed by atoms with Crippen LogP contribution >= 0.6 is 11.6 Å². The minimum Gasteiger partial charge on any atom is -0.490 e. The maximum absolute atomic E-state index is 6.11. The number of hydrogen-bond acceptors (Lipinski definition) is 1. The van der Waals surface area contributed by atoms with Crippen LogP contribution in [0.3, 0.4) is 0 Å². The molecule has 1 aromatic rings. The van der Waals surface area contributed by atoms with E-state index in [1.807, 2.05) is 6.07 Å². The van der Waals surface area contributed by atoms with E-state index in [0.717, 1.165) is 10.6 Å². The van der Waals surface area contributed by atoms with E-state index in [9.17, 15) is 0 Å². The van der Waals surface area contributed by atoms with Gasteiger partial charge < -0.3 is 4.74 Å². The lowest BCUT2D eigenvalue weighted by Gasteiger charge is -2.11. The third-order valence-corrected chi connectivity index (χ3v) is 2.83. The van der Waals surface area contributed by atoms with E-state index in [0.29, 0.717) is 23.7 Å². The third-order valence-electron chi connectivity index (χ3n) is 2.50. The molecule has 1 saturated carbocycles. The zero-order valence-electron chi connectivity index (χ0n) is 8.50. The fourth-order valence-electron chi connectivity index (χ4n) is 1.57. The summed E-state index contributed by atoms with van der Waals surface area (Å²) in [6, 6.07) is 3.73. The van der Waals surface area contributed by atoms with Crippen LogP contribution in [0.2, 0.25) is 5.02 Å². The molecule has 76 valence electrons. The summed E-state index contributed by atoms with van der Waals surface area (Å²) in [6.45, 7) is 4.07. The summed E-state index contributed by atoms with van der Waals surface area (Å²) in [7, 11) is 5.81. The van der Waals surface area contributed by atoms with Crippen molar-refractivity contribution < 1.29 is 4.74 Å². The third kappa shape index (κ3) is 2.38. The van der Waals surface area contributed by atoms with E-state index in [4.69, 9.17) is 24.2 Å². The Morgan fingerprint density at radius 3 is 2.87 bits per heavy atom. The molecule has 0 atom stereocenters. The molecule has 0 spiro atoms. The van der Waals surface area contributed by atoms with Gasteiger partial charge in [0.05, 0.1) is 0 Å². The molecule has 1 aliphatic carbocycles. The first-order valence-corrected chi connectivity index (χ1v) is 5.42. The van der Waals surface area contributed by atoms with Crippen molar-refractivity contribution in [1.82, 2.24) is 0 Å². The minimum atomic E-state index is 0.468. The Balaban J connectivity index is 2.28. The molecule has 3 heteroatoms. The molecule has 2 rings (SSSR count). The van der Waals surface area contributed by atoms with E-state index < -0.39 is 0 Å². The van der Waals surface area contributed by atoms with Gasteiger partial charge in [0.25, 0.3) is 0 Å². The van der Waals surface area contributed by atoms with Gasteiger partial charge in [-0.1, -0.05) is 29.7 Å². The van der Waals surface area contributed by atoms with Crippen LogP contribution < -0.4 is 10.2 Å². The average Bonchev–Trinajstić information content (AvgIpc) is 3.00. The lowest BCUT2D eigenvalue weighted by Crippen LogP contribution is -2.10.